The molecular formula is C16H23BrN2O3. The topological polar surface area (TPSA) is 53.0 Å². The minimum absolute atomic E-state index is 0.137. The third kappa shape index (κ3) is 4.97. The molecule has 0 atom stereocenters. The molecule has 1 aliphatic rings. The number of halogens is 1. The van der Waals surface area contributed by atoms with Crippen molar-refractivity contribution in [1.82, 2.24) is 9.80 Å². The standard InChI is InChI=1S/C16H23BrN2O3/c1-13-12-14(17)2-3-15(13)22-11-4-16(21)19-7-5-18(6-8-19)9-10-20/h2-3,12,20H,4-11H2,1H3. The van der Waals surface area contributed by atoms with Gasteiger partial charge < -0.3 is 14.7 Å². The molecule has 1 N–H and O–H groups in total. The summed E-state index contributed by atoms with van der Waals surface area (Å²) in [5.74, 6) is 0.960. The van der Waals surface area contributed by atoms with Crippen molar-refractivity contribution in [2.45, 2.75) is 13.3 Å². The van der Waals surface area contributed by atoms with Crippen molar-refractivity contribution in [3.63, 3.8) is 0 Å². The number of hydrogen-bond donors (Lipinski definition) is 1. The third-order valence-electron chi connectivity index (χ3n) is 3.85. The van der Waals surface area contributed by atoms with E-state index in [0.717, 1.165) is 42.0 Å². The molecule has 0 saturated carbocycles. The van der Waals surface area contributed by atoms with Crippen molar-refractivity contribution in [3.05, 3.63) is 28.2 Å². The third-order valence-corrected chi connectivity index (χ3v) is 4.34. The summed E-state index contributed by atoms with van der Waals surface area (Å²) in [5, 5.41) is 8.92. The monoisotopic (exact) mass is 370 g/mol. The molecule has 0 aliphatic carbocycles. The molecule has 0 bridgehead atoms. The number of aliphatic hydroxyl groups is 1. The second-order valence-corrected chi connectivity index (χ2v) is 6.37. The summed E-state index contributed by atoms with van der Waals surface area (Å²) < 4.78 is 6.72. The lowest BCUT2D eigenvalue weighted by atomic mass is 10.2. The highest BCUT2D eigenvalue weighted by atomic mass is 79.9. The first kappa shape index (κ1) is 17.2. The summed E-state index contributed by atoms with van der Waals surface area (Å²) in [6, 6.07) is 5.85. The smallest absolute Gasteiger partial charge is 0.226 e. The lowest BCUT2D eigenvalue weighted by Crippen LogP contribution is -2.49. The average Bonchev–Trinajstić information content (AvgIpc) is 2.50. The van der Waals surface area contributed by atoms with Gasteiger partial charge in [-0.15, -0.1) is 0 Å². The van der Waals surface area contributed by atoms with Gasteiger partial charge in [0.25, 0.3) is 0 Å². The summed E-state index contributed by atoms with van der Waals surface area (Å²) in [7, 11) is 0. The summed E-state index contributed by atoms with van der Waals surface area (Å²) in [6.07, 6.45) is 0.398. The summed E-state index contributed by atoms with van der Waals surface area (Å²) in [6.45, 7) is 6.38. The van der Waals surface area contributed by atoms with Gasteiger partial charge in [0.05, 0.1) is 19.6 Å². The molecule has 5 nitrogen and oxygen atoms in total. The normalized spacial score (nSPS) is 15.9. The fraction of sp³-hybridized carbons (Fsp3) is 0.562. The number of hydrogen-bond acceptors (Lipinski definition) is 4. The van der Waals surface area contributed by atoms with Crippen LogP contribution in [0.25, 0.3) is 0 Å². The fourth-order valence-electron chi connectivity index (χ4n) is 2.54. The Labute approximate surface area is 140 Å². The van der Waals surface area contributed by atoms with Gasteiger partial charge >= 0.3 is 0 Å². The molecule has 1 heterocycles. The number of rotatable bonds is 6. The van der Waals surface area contributed by atoms with E-state index in [1.807, 2.05) is 30.0 Å². The Balaban J connectivity index is 1.72. The minimum atomic E-state index is 0.137. The average molecular weight is 371 g/mol. The van der Waals surface area contributed by atoms with Gasteiger partial charge in [-0.05, 0) is 30.7 Å². The first-order chi connectivity index (χ1) is 10.6. The van der Waals surface area contributed by atoms with Crippen LogP contribution in [0.15, 0.2) is 22.7 Å². The summed E-state index contributed by atoms with van der Waals surface area (Å²) in [5.41, 5.74) is 1.06. The second-order valence-electron chi connectivity index (χ2n) is 5.45. The number of β-amino-alcohol motifs (C(OH)–C–C–N with tert-alkyl or cyclic N) is 1. The molecule has 0 aromatic heterocycles. The Kier molecular flexibility index (Phi) is 6.67. The first-order valence-electron chi connectivity index (χ1n) is 7.60. The van der Waals surface area contributed by atoms with E-state index in [9.17, 15) is 4.79 Å². The van der Waals surface area contributed by atoms with E-state index < -0.39 is 0 Å². The Bertz CT molecular complexity index is 502. The number of piperazine rings is 1. The second kappa shape index (κ2) is 8.50. The van der Waals surface area contributed by atoms with Crippen LogP contribution in [-0.4, -0.2) is 66.8 Å². The number of carbonyl (C=O) groups is 1. The predicted molar refractivity (Wildman–Crippen MR) is 89.1 cm³/mol. The zero-order valence-electron chi connectivity index (χ0n) is 12.9. The molecule has 6 heteroatoms. The lowest BCUT2D eigenvalue weighted by molar-refractivity contribution is -0.133. The highest BCUT2D eigenvalue weighted by molar-refractivity contribution is 9.10. The van der Waals surface area contributed by atoms with Gasteiger partial charge in [0.2, 0.25) is 5.91 Å². The number of carbonyl (C=O) groups excluding carboxylic acids is 1. The quantitative estimate of drug-likeness (QED) is 0.827. The van der Waals surface area contributed by atoms with Crippen LogP contribution in [0, 0.1) is 6.92 Å². The van der Waals surface area contributed by atoms with Crippen molar-refractivity contribution in [1.29, 1.82) is 0 Å². The molecule has 122 valence electrons. The van der Waals surface area contributed by atoms with Crippen LogP contribution in [0.4, 0.5) is 0 Å². The molecule has 1 aromatic rings. The van der Waals surface area contributed by atoms with E-state index in [1.165, 1.54) is 0 Å². The Morgan fingerprint density at radius 1 is 1.32 bits per heavy atom. The minimum Gasteiger partial charge on any atom is -0.493 e. The predicted octanol–water partition coefficient (Wildman–Crippen LogP) is 1.66. The van der Waals surface area contributed by atoms with Gasteiger partial charge in [-0.2, -0.15) is 0 Å². The van der Waals surface area contributed by atoms with Crippen molar-refractivity contribution in [2.75, 3.05) is 45.9 Å². The Morgan fingerprint density at radius 2 is 2.05 bits per heavy atom. The highest BCUT2D eigenvalue weighted by Crippen LogP contribution is 2.22. The number of amides is 1. The van der Waals surface area contributed by atoms with E-state index >= 15 is 0 Å². The zero-order valence-corrected chi connectivity index (χ0v) is 14.5. The number of aliphatic hydroxyl groups excluding tert-OH is 1. The maximum Gasteiger partial charge on any atom is 0.226 e. The van der Waals surface area contributed by atoms with Crippen molar-refractivity contribution < 1.29 is 14.6 Å². The Morgan fingerprint density at radius 3 is 2.68 bits per heavy atom. The SMILES string of the molecule is Cc1cc(Br)ccc1OCCC(=O)N1CCN(CCO)CC1. The van der Waals surface area contributed by atoms with Crippen LogP contribution in [0.3, 0.4) is 0 Å². The van der Waals surface area contributed by atoms with Crippen LogP contribution >= 0.6 is 15.9 Å². The van der Waals surface area contributed by atoms with Gasteiger partial charge in [0, 0.05) is 37.2 Å². The molecule has 1 aromatic carbocycles. The van der Waals surface area contributed by atoms with Crippen LogP contribution in [0.2, 0.25) is 0 Å². The van der Waals surface area contributed by atoms with E-state index in [4.69, 9.17) is 9.84 Å². The molecule has 1 amide bonds. The number of ether oxygens (including phenoxy) is 1. The molecule has 0 radical (unpaired) electrons. The number of nitrogens with zero attached hydrogens (tertiary/aromatic N) is 2. The molecule has 1 aliphatic heterocycles. The van der Waals surface area contributed by atoms with Crippen LogP contribution in [0.1, 0.15) is 12.0 Å². The van der Waals surface area contributed by atoms with Crippen LogP contribution in [-0.2, 0) is 4.79 Å². The molecule has 1 saturated heterocycles. The summed E-state index contributed by atoms with van der Waals surface area (Å²) in [4.78, 5) is 16.2. The van der Waals surface area contributed by atoms with Crippen LogP contribution in [0.5, 0.6) is 5.75 Å². The number of aryl methyl sites for hydroxylation is 1. The molecule has 0 unspecified atom stereocenters. The van der Waals surface area contributed by atoms with Gasteiger partial charge in [0.1, 0.15) is 5.75 Å². The lowest BCUT2D eigenvalue weighted by Gasteiger charge is -2.34. The van der Waals surface area contributed by atoms with E-state index in [1.54, 1.807) is 0 Å². The van der Waals surface area contributed by atoms with Gasteiger partial charge in [-0.25, -0.2) is 0 Å². The van der Waals surface area contributed by atoms with Crippen molar-refractivity contribution in [2.24, 2.45) is 0 Å². The van der Waals surface area contributed by atoms with E-state index in [-0.39, 0.29) is 12.5 Å². The number of benzene rings is 1. The van der Waals surface area contributed by atoms with Crippen LogP contribution < -0.4 is 4.74 Å². The maximum absolute atomic E-state index is 12.2. The van der Waals surface area contributed by atoms with Crippen molar-refractivity contribution >= 4 is 21.8 Å². The molecule has 0 spiro atoms. The van der Waals surface area contributed by atoms with E-state index in [0.29, 0.717) is 19.6 Å². The van der Waals surface area contributed by atoms with Gasteiger partial charge in [-0.1, -0.05) is 15.9 Å². The highest BCUT2D eigenvalue weighted by Gasteiger charge is 2.20. The Hall–Kier alpha value is -1.11. The first-order valence-corrected chi connectivity index (χ1v) is 8.39. The van der Waals surface area contributed by atoms with Crippen molar-refractivity contribution in [3.8, 4) is 5.75 Å². The zero-order chi connectivity index (χ0) is 15.9. The van der Waals surface area contributed by atoms with Gasteiger partial charge in [-0.3, -0.25) is 9.69 Å². The largest absolute Gasteiger partial charge is 0.493 e. The van der Waals surface area contributed by atoms with Gasteiger partial charge in [0.15, 0.2) is 0 Å². The fourth-order valence-corrected chi connectivity index (χ4v) is 3.02. The molecular weight excluding hydrogens is 348 g/mol. The van der Waals surface area contributed by atoms with E-state index in [2.05, 4.69) is 20.8 Å². The molecule has 1 fully saturated rings. The summed E-state index contributed by atoms with van der Waals surface area (Å²) >= 11 is 3.42. The molecule has 22 heavy (non-hydrogen) atoms. The molecule has 2 rings (SSSR count). The maximum atomic E-state index is 12.2.